The van der Waals surface area contributed by atoms with E-state index in [9.17, 15) is 9.11 Å². The zero-order chi connectivity index (χ0) is 25.7. The summed E-state index contributed by atoms with van der Waals surface area (Å²) < 4.78 is 20.4. The standard InChI is InChI=1S/C27H28Cl2N4O2S/c1-27(2,3)26-31-24-21(25(32-26)33-12-14-36(34,35)15-13-33)16-20(17-8-10-18(28)11-9-17)23(30-24)19-6-4-5-7-22(19)29/h4-11,16,34-35H,12-15H2,1-3H3. The van der Waals surface area contributed by atoms with Crippen molar-refractivity contribution in [3.8, 4) is 22.4 Å². The lowest BCUT2D eigenvalue weighted by atomic mass is 9.95. The monoisotopic (exact) mass is 542 g/mol. The van der Waals surface area contributed by atoms with Crippen molar-refractivity contribution in [3.05, 3.63) is 70.5 Å². The van der Waals surface area contributed by atoms with Crippen LogP contribution < -0.4 is 4.90 Å². The highest BCUT2D eigenvalue weighted by Gasteiger charge is 2.28. The van der Waals surface area contributed by atoms with E-state index in [1.807, 2.05) is 48.5 Å². The van der Waals surface area contributed by atoms with Gasteiger partial charge in [-0.15, -0.1) is 0 Å². The molecule has 36 heavy (non-hydrogen) atoms. The molecule has 0 bridgehead atoms. The Balaban J connectivity index is 1.80. The maximum absolute atomic E-state index is 10.2. The Morgan fingerprint density at radius 3 is 2.17 bits per heavy atom. The minimum Gasteiger partial charge on any atom is -0.353 e. The number of pyridine rings is 1. The number of benzene rings is 2. The highest BCUT2D eigenvalue weighted by molar-refractivity contribution is 8.24. The molecule has 9 heteroatoms. The second-order valence-electron chi connectivity index (χ2n) is 10.1. The third-order valence-electron chi connectivity index (χ3n) is 6.30. The number of hydrogen-bond acceptors (Lipinski definition) is 6. The molecule has 1 aliphatic heterocycles. The summed E-state index contributed by atoms with van der Waals surface area (Å²) in [4.78, 5) is 17.1. The van der Waals surface area contributed by atoms with Gasteiger partial charge < -0.3 is 4.90 Å². The SMILES string of the molecule is CC(C)(C)c1nc(N2CCS(O)(O)CC2)c2cc(-c3ccc(Cl)cc3)c(-c3ccccc3Cl)nc2n1. The second kappa shape index (κ2) is 9.47. The largest absolute Gasteiger partial charge is 0.353 e. The Labute approximate surface area is 222 Å². The number of anilines is 1. The number of rotatable bonds is 3. The van der Waals surface area contributed by atoms with E-state index < -0.39 is 10.6 Å². The lowest BCUT2D eigenvalue weighted by Crippen LogP contribution is -2.39. The van der Waals surface area contributed by atoms with Gasteiger partial charge in [-0.2, -0.15) is 10.6 Å². The first-order valence-electron chi connectivity index (χ1n) is 11.7. The van der Waals surface area contributed by atoms with Crippen LogP contribution in [0.1, 0.15) is 26.6 Å². The van der Waals surface area contributed by atoms with Crippen molar-refractivity contribution in [1.82, 2.24) is 15.0 Å². The van der Waals surface area contributed by atoms with Crippen molar-refractivity contribution in [2.75, 3.05) is 29.5 Å². The van der Waals surface area contributed by atoms with Gasteiger partial charge in [0.2, 0.25) is 0 Å². The highest BCUT2D eigenvalue weighted by atomic mass is 35.5. The smallest absolute Gasteiger partial charge is 0.165 e. The summed E-state index contributed by atoms with van der Waals surface area (Å²) in [5, 5.41) is 2.06. The predicted molar refractivity (Wildman–Crippen MR) is 152 cm³/mol. The summed E-state index contributed by atoms with van der Waals surface area (Å²) >= 11 is 12.8. The van der Waals surface area contributed by atoms with Gasteiger partial charge in [0, 0.05) is 39.7 Å². The lowest BCUT2D eigenvalue weighted by Gasteiger charge is -2.41. The minimum absolute atomic E-state index is 0.303. The zero-order valence-corrected chi connectivity index (χ0v) is 22.7. The van der Waals surface area contributed by atoms with Gasteiger partial charge in [-0.3, -0.25) is 9.11 Å². The summed E-state index contributed by atoms with van der Waals surface area (Å²) in [6, 6.07) is 17.4. The van der Waals surface area contributed by atoms with Crippen molar-refractivity contribution in [3.63, 3.8) is 0 Å². The minimum atomic E-state index is -2.55. The average Bonchev–Trinajstić information content (AvgIpc) is 2.83. The topological polar surface area (TPSA) is 82.4 Å². The Kier molecular flexibility index (Phi) is 6.64. The Morgan fingerprint density at radius 1 is 0.861 bits per heavy atom. The summed E-state index contributed by atoms with van der Waals surface area (Å²) in [5.41, 5.74) is 3.66. The first kappa shape index (κ1) is 25.2. The number of hydrogen-bond donors (Lipinski definition) is 2. The van der Waals surface area contributed by atoms with Crippen LogP contribution in [0.5, 0.6) is 0 Å². The fraction of sp³-hybridized carbons (Fsp3) is 0.296. The molecule has 4 aromatic rings. The third-order valence-corrected chi connectivity index (χ3v) is 8.55. The molecule has 0 amide bonds. The quantitative estimate of drug-likeness (QED) is 0.278. The van der Waals surface area contributed by atoms with Crippen LogP contribution in [0, 0.1) is 0 Å². The summed E-state index contributed by atoms with van der Waals surface area (Å²) in [5.74, 6) is 2.07. The molecule has 0 radical (unpaired) electrons. The molecule has 0 spiro atoms. The Bertz CT molecular complexity index is 1430. The van der Waals surface area contributed by atoms with Gasteiger partial charge in [0.05, 0.1) is 22.6 Å². The van der Waals surface area contributed by atoms with Gasteiger partial charge in [-0.1, -0.05) is 74.3 Å². The second-order valence-corrected chi connectivity index (χ2v) is 13.3. The van der Waals surface area contributed by atoms with Crippen LogP contribution in [-0.2, 0) is 5.41 Å². The molecule has 3 heterocycles. The molecule has 0 unspecified atom stereocenters. The fourth-order valence-corrected chi connectivity index (χ4v) is 5.84. The predicted octanol–water partition coefficient (Wildman–Crippen LogP) is 7.53. The zero-order valence-electron chi connectivity index (χ0n) is 20.4. The van der Waals surface area contributed by atoms with Crippen molar-refractivity contribution < 1.29 is 9.11 Å². The van der Waals surface area contributed by atoms with Crippen molar-refractivity contribution >= 4 is 50.6 Å². The van der Waals surface area contributed by atoms with Gasteiger partial charge in [0.15, 0.2) is 5.65 Å². The van der Waals surface area contributed by atoms with Gasteiger partial charge in [-0.25, -0.2) is 15.0 Å². The van der Waals surface area contributed by atoms with E-state index in [-0.39, 0.29) is 5.41 Å². The van der Waals surface area contributed by atoms with Crippen LogP contribution in [-0.4, -0.2) is 48.7 Å². The van der Waals surface area contributed by atoms with Crippen LogP contribution in [0.4, 0.5) is 5.82 Å². The molecule has 2 N–H and O–H groups in total. The highest BCUT2D eigenvalue weighted by Crippen LogP contribution is 2.43. The summed E-state index contributed by atoms with van der Waals surface area (Å²) in [7, 11) is -2.55. The molecular weight excluding hydrogens is 515 g/mol. The molecule has 188 valence electrons. The van der Waals surface area contributed by atoms with Gasteiger partial charge >= 0.3 is 0 Å². The first-order valence-corrected chi connectivity index (χ1v) is 14.4. The van der Waals surface area contributed by atoms with Crippen LogP contribution >= 0.6 is 33.8 Å². The van der Waals surface area contributed by atoms with Crippen molar-refractivity contribution in [1.29, 1.82) is 0 Å². The molecule has 1 aliphatic rings. The van der Waals surface area contributed by atoms with E-state index in [0.717, 1.165) is 33.6 Å². The third kappa shape index (κ3) is 5.04. The van der Waals surface area contributed by atoms with Crippen LogP contribution in [0.2, 0.25) is 10.0 Å². The Morgan fingerprint density at radius 2 is 1.53 bits per heavy atom. The lowest BCUT2D eigenvalue weighted by molar-refractivity contribution is 0.478. The van der Waals surface area contributed by atoms with E-state index in [4.69, 9.17) is 38.2 Å². The van der Waals surface area contributed by atoms with Crippen molar-refractivity contribution in [2.24, 2.45) is 0 Å². The first-order chi connectivity index (χ1) is 17.0. The van der Waals surface area contributed by atoms with Crippen LogP contribution in [0.25, 0.3) is 33.4 Å². The van der Waals surface area contributed by atoms with Gasteiger partial charge in [-0.05, 0) is 29.8 Å². The number of nitrogens with zero attached hydrogens (tertiary/aromatic N) is 4. The molecular formula is C27H28Cl2N4O2S. The molecule has 2 aromatic carbocycles. The van der Waals surface area contributed by atoms with E-state index in [0.29, 0.717) is 46.1 Å². The average molecular weight is 544 g/mol. The molecule has 0 saturated carbocycles. The maximum Gasteiger partial charge on any atom is 0.165 e. The molecule has 1 saturated heterocycles. The molecule has 1 fully saturated rings. The van der Waals surface area contributed by atoms with E-state index in [1.54, 1.807) is 0 Å². The molecule has 0 atom stereocenters. The maximum atomic E-state index is 10.2. The molecule has 0 aliphatic carbocycles. The number of fused-ring (bicyclic) bond motifs is 1. The van der Waals surface area contributed by atoms with Crippen LogP contribution in [0.15, 0.2) is 54.6 Å². The van der Waals surface area contributed by atoms with Crippen LogP contribution in [0.3, 0.4) is 0 Å². The summed E-state index contributed by atoms with van der Waals surface area (Å²) in [6.45, 7) is 7.21. The Hall–Kier alpha value is -2.42. The number of halogens is 2. The van der Waals surface area contributed by atoms with Crippen molar-refractivity contribution in [2.45, 2.75) is 26.2 Å². The summed E-state index contributed by atoms with van der Waals surface area (Å²) in [6.07, 6.45) is 0. The number of aromatic nitrogens is 3. The van der Waals surface area contributed by atoms with E-state index in [1.165, 1.54) is 0 Å². The normalized spacial score (nSPS) is 16.8. The molecule has 2 aromatic heterocycles. The molecule has 5 rings (SSSR count). The fourth-order valence-electron chi connectivity index (χ4n) is 4.26. The van der Waals surface area contributed by atoms with Gasteiger partial charge in [0.1, 0.15) is 11.6 Å². The van der Waals surface area contributed by atoms with E-state index in [2.05, 4.69) is 31.7 Å². The van der Waals surface area contributed by atoms with E-state index >= 15 is 0 Å². The van der Waals surface area contributed by atoms with Gasteiger partial charge in [0.25, 0.3) is 0 Å². The molecule has 6 nitrogen and oxygen atoms in total.